The molecule has 1 aliphatic rings. The summed E-state index contributed by atoms with van der Waals surface area (Å²) < 4.78 is 38.8. The van der Waals surface area contributed by atoms with Gasteiger partial charge in [-0.3, -0.25) is 9.78 Å². The molecule has 2 aromatic heterocycles. The fourth-order valence-electron chi connectivity index (χ4n) is 1.84. The lowest BCUT2D eigenvalue weighted by Crippen LogP contribution is -2.09. The van der Waals surface area contributed by atoms with E-state index >= 15 is 0 Å². The van der Waals surface area contributed by atoms with Gasteiger partial charge in [-0.25, -0.2) is 9.97 Å². The van der Waals surface area contributed by atoms with Crippen LogP contribution in [0.25, 0.3) is 0 Å². The van der Waals surface area contributed by atoms with E-state index in [2.05, 4.69) is 20.3 Å². The topological polar surface area (TPSA) is 67.8 Å². The summed E-state index contributed by atoms with van der Waals surface area (Å²) in [4.78, 5) is 22.5. The van der Waals surface area contributed by atoms with E-state index in [1.165, 1.54) is 12.1 Å². The highest BCUT2D eigenvalue weighted by atomic mass is 35.5. The van der Waals surface area contributed by atoms with Gasteiger partial charge in [0.1, 0.15) is 5.03 Å². The lowest BCUT2D eigenvalue weighted by atomic mass is 10.3. The molecule has 0 saturated carbocycles. The molecule has 10 heteroatoms. The average Bonchev–Trinajstić information content (AvgIpc) is 2.78. The minimum Gasteiger partial charge on any atom is -0.309 e. The normalized spacial score (nSPS) is 13.9. The van der Waals surface area contributed by atoms with Gasteiger partial charge in [0.15, 0.2) is 16.7 Å². The number of hydrogen-bond donors (Lipinski definition) is 1. The zero-order valence-corrected chi connectivity index (χ0v) is 12.2. The second-order valence-electron chi connectivity index (χ2n) is 4.29. The van der Waals surface area contributed by atoms with Crippen molar-refractivity contribution < 1.29 is 18.0 Å². The molecule has 5 nitrogen and oxygen atoms in total. The Hall–Kier alpha value is -1.87. The zero-order valence-electron chi connectivity index (χ0n) is 10.6. The minimum atomic E-state index is -4.59. The summed E-state index contributed by atoms with van der Waals surface area (Å²) in [5.41, 5.74) is -0.665. The zero-order chi connectivity index (χ0) is 15.9. The molecule has 1 N–H and O–H groups in total. The van der Waals surface area contributed by atoms with Crippen molar-refractivity contribution in [2.45, 2.75) is 22.5 Å². The fraction of sp³-hybridized carbons (Fsp3) is 0.167. The van der Waals surface area contributed by atoms with Crippen LogP contribution in [0, 0.1) is 0 Å². The third kappa shape index (κ3) is 2.86. The Labute approximate surface area is 131 Å². The SMILES string of the molecule is O=C1Cc2nc(Sc3cccnc3C(F)(F)F)c(Cl)nc2N1. The van der Waals surface area contributed by atoms with Crippen molar-refractivity contribution in [2.24, 2.45) is 0 Å². The van der Waals surface area contributed by atoms with Crippen molar-refractivity contribution in [3.8, 4) is 0 Å². The number of nitrogens with one attached hydrogen (secondary N) is 1. The number of hydrogen-bond acceptors (Lipinski definition) is 5. The van der Waals surface area contributed by atoms with Gasteiger partial charge in [-0.15, -0.1) is 0 Å². The van der Waals surface area contributed by atoms with E-state index in [9.17, 15) is 18.0 Å². The Morgan fingerprint density at radius 3 is 2.82 bits per heavy atom. The van der Waals surface area contributed by atoms with Crippen molar-refractivity contribution >= 4 is 35.1 Å². The number of aromatic nitrogens is 3. The van der Waals surface area contributed by atoms with Gasteiger partial charge in [0.05, 0.1) is 12.1 Å². The molecule has 3 heterocycles. The fourth-order valence-corrected chi connectivity index (χ4v) is 2.99. The summed E-state index contributed by atoms with van der Waals surface area (Å²) in [6.45, 7) is 0. The van der Waals surface area contributed by atoms with Crippen LogP contribution in [-0.2, 0) is 17.4 Å². The average molecular weight is 347 g/mol. The molecule has 3 rings (SSSR count). The maximum atomic E-state index is 12.9. The van der Waals surface area contributed by atoms with Gasteiger partial charge >= 0.3 is 6.18 Å². The molecule has 22 heavy (non-hydrogen) atoms. The third-order valence-corrected chi connectivity index (χ3v) is 4.13. The van der Waals surface area contributed by atoms with Gasteiger partial charge in [-0.1, -0.05) is 23.4 Å². The number of alkyl halides is 3. The van der Waals surface area contributed by atoms with Crippen molar-refractivity contribution in [1.82, 2.24) is 15.0 Å². The van der Waals surface area contributed by atoms with Crippen LogP contribution in [-0.4, -0.2) is 20.9 Å². The molecule has 114 valence electrons. The maximum absolute atomic E-state index is 12.9. The van der Waals surface area contributed by atoms with E-state index in [4.69, 9.17) is 11.6 Å². The van der Waals surface area contributed by atoms with Gasteiger partial charge in [0, 0.05) is 11.1 Å². The highest BCUT2D eigenvalue weighted by Gasteiger charge is 2.36. The maximum Gasteiger partial charge on any atom is 0.434 e. The number of amides is 1. The number of carbonyl (C=O) groups is 1. The molecular weight excluding hydrogens is 341 g/mol. The van der Waals surface area contributed by atoms with Crippen LogP contribution in [0.4, 0.5) is 19.0 Å². The van der Waals surface area contributed by atoms with E-state index in [0.29, 0.717) is 17.5 Å². The van der Waals surface area contributed by atoms with E-state index < -0.39 is 11.9 Å². The molecule has 2 aromatic rings. The van der Waals surface area contributed by atoms with Gasteiger partial charge in [-0.2, -0.15) is 13.2 Å². The second kappa shape index (κ2) is 5.40. The van der Waals surface area contributed by atoms with Crippen LogP contribution in [0.1, 0.15) is 11.4 Å². The number of fused-ring (bicyclic) bond motifs is 1. The molecule has 1 aliphatic heterocycles. The Bertz CT molecular complexity index is 769. The van der Waals surface area contributed by atoms with E-state index in [-0.39, 0.29) is 33.2 Å². The first-order chi connectivity index (χ1) is 10.3. The molecule has 0 spiro atoms. The predicted molar refractivity (Wildman–Crippen MR) is 72.7 cm³/mol. The van der Waals surface area contributed by atoms with Crippen LogP contribution in [0.15, 0.2) is 28.3 Å². The lowest BCUT2D eigenvalue weighted by Gasteiger charge is -2.11. The van der Waals surface area contributed by atoms with Crippen molar-refractivity contribution in [3.63, 3.8) is 0 Å². The standard InChI is InChI=1S/C12H6ClF3N4OS/c13-9-11(18-5-4-7(21)19-10(5)20-9)22-6-2-1-3-17-8(6)12(14,15)16/h1-3H,4H2,(H,19,20,21). The number of nitrogens with zero attached hydrogens (tertiary/aromatic N) is 3. The van der Waals surface area contributed by atoms with Crippen LogP contribution in [0.2, 0.25) is 5.15 Å². The summed E-state index contributed by atoms with van der Waals surface area (Å²) in [5, 5.41) is 2.48. The number of halogens is 4. The largest absolute Gasteiger partial charge is 0.434 e. The summed E-state index contributed by atoms with van der Waals surface area (Å²) in [7, 11) is 0. The molecule has 0 aliphatic carbocycles. The molecular formula is C12H6ClF3N4OS. The van der Waals surface area contributed by atoms with Crippen LogP contribution in [0.5, 0.6) is 0 Å². The molecule has 0 atom stereocenters. The third-order valence-electron chi connectivity index (χ3n) is 2.73. The Morgan fingerprint density at radius 2 is 2.09 bits per heavy atom. The van der Waals surface area contributed by atoms with Gasteiger partial charge in [0.25, 0.3) is 0 Å². The molecule has 0 fully saturated rings. The summed E-state index contributed by atoms with van der Waals surface area (Å²) in [5.74, 6) is -0.0489. The molecule has 0 aromatic carbocycles. The summed E-state index contributed by atoms with van der Waals surface area (Å²) in [6, 6.07) is 2.66. The second-order valence-corrected chi connectivity index (χ2v) is 5.68. The summed E-state index contributed by atoms with van der Waals surface area (Å²) in [6.07, 6.45) is -3.50. The van der Waals surface area contributed by atoms with Crippen molar-refractivity contribution in [3.05, 3.63) is 34.9 Å². The first-order valence-electron chi connectivity index (χ1n) is 5.91. The first kappa shape index (κ1) is 15.0. The van der Waals surface area contributed by atoms with E-state index in [1.807, 2.05) is 0 Å². The quantitative estimate of drug-likeness (QED) is 0.904. The molecule has 0 saturated heterocycles. The van der Waals surface area contributed by atoms with Gasteiger partial charge in [-0.05, 0) is 12.1 Å². The van der Waals surface area contributed by atoms with Crippen molar-refractivity contribution in [2.75, 3.05) is 5.32 Å². The highest BCUT2D eigenvalue weighted by Crippen LogP contribution is 2.39. The molecule has 0 radical (unpaired) electrons. The molecule has 0 unspecified atom stereocenters. The van der Waals surface area contributed by atoms with Gasteiger partial charge in [0.2, 0.25) is 5.91 Å². The minimum absolute atomic E-state index is 0.0201. The van der Waals surface area contributed by atoms with Gasteiger partial charge < -0.3 is 5.32 Å². The first-order valence-corrected chi connectivity index (χ1v) is 7.10. The Morgan fingerprint density at radius 1 is 1.32 bits per heavy atom. The highest BCUT2D eigenvalue weighted by molar-refractivity contribution is 7.99. The monoisotopic (exact) mass is 346 g/mol. The summed E-state index contributed by atoms with van der Waals surface area (Å²) >= 11 is 6.63. The predicted octanol–water partition coefficient (Wildman–Crippen LogP) is 3.19. The van der Waals surface area contributed by atoms with E-state index in [0.717, 1.165) is 6.20 Å². The molecule has 1 amide bonds. The lowest BCUT2D eigenvalue weighted by molar-refractivity contribution is -0.143. The van der Waals surface area contributed by atoms with Crippen LogP contribution >= 0.6 is 23.4 Å². The Kier molecular flexibility index (Phi) is 3.69. The Balaban J connectivity index is 1.99. The van der Waals surface area contributed by atoms with Crippen molar-refractivity contribution in [1.29, 1.82) is 0 Å². The van der Waals surface area contributed by atoms with Crippen LogP contribution in [0.3, 0.4) is 0 Å². The number of carbonyl (C=O) groups excluding carboxylic acids is 1. The number of rotatable bonds is 2. The molecule has 0 bridgehead atoms. The van der Waals surface area contributed by atoms with Crippen LogP contribution < -0.4 is 5.32 Å². The van der Waals surface area contributed by atoms with E-state index in [1.54, 1.807) is 0 Å². The number of pyridine rings is 1. The smallest absolute Gasteiger partial charge is 0.309 e. The number of anilines is 1.